The van der Waals surface area contributed by atoms with Gasteiger partial charge in [0.2, 0.25) is 11.8 Å². The van der Waals surface area contributed by atoms with Crippen LogP contribution in [0.3, 0.4) is 0 Å². The van der Waals surface area contributed by atoms with Crippen LogP contribution in [-0.2, 0) is 16.6 Å². The maximum Gasteiger partial charge on any atom is 0.233 e. The van der Waals surface area contributed by atoms with Crippen LogP contribution in [0.15, 0.2) is 42.6 Å². The lowest BCUT2D eigenvalue weighted by Gasteiger charge is -2.28. The number of para-hydroxylation sites is 1. The minimum absolute atomic E-state index is 0. The number of carbonyl (C=O) groups is 2. The summed E-state index contributed by atoms with van der Waals surface area (Å²) in [5.74, 6) is -0.335. The van der Waals surface area contributed by atoms with E-state index in [9.17, 15) is 9.59 Å². The van der Waals surface area contributed by atoms with Crippen molar-refractivity contribution < 1.29 is 9.59 Å². The van der Waals surface area contributed by atoms with Crippen molar-refractivity contribution in [1.29, 1.82) is 0 Å². The number of benzene rings is 1. The van der Waals surface area contributed by atoms with Crippen LogP contribution >= 0.6 is 12.4 Å². The zero-order valence-corrected chi connectivity index (χ0v) is 16.8. The second-order valence-electron chi connectivity index (χ2n) is 7.63. The first-order chi connectivity index (χ1) is 12.5. The number of likely N-dealkylation sites (N-methyl/N-ethyl adjacent to an activating group) is 1. The Kier molecular flexibility index (Phi) is 5.45. The first kappa shape index (κ1) is 19.6. The molecule has 2 aliphatic rings. The molecule has 1 fully saturated rings. The number of allylic oxidation sites excluding steroid dienone is 2. The van der Waals surface area contributed by atoms with Crippen LogP contribution in [0, 0.1) is 11.8 Å². The molecule has 3 unspecified atom stereocenters. The van der Waals surface area contributed by atoms with Gasteiger partial charge in [-0.15, -0.1) is 12.4 Å². The third-order valence-electron chi connectivity index (χ3n) is 5.86. The molecule has 0 radical (unpaired) electrons. The van der Waals surface area contributed by atoms with Crippen LogP contribution in [-0.4, -0.2) is 46.8 Å². The van der Waals surface area contributed by atoms with Crippen LogP contribution in [0.25, 0.3) is 10.9 Å². The normalized spacial score (nSPS) is 23.0. The fourth-order valence-electron chi connectivity index (χ4n) is 4.40. The lowest BCUT2D eigenvalue weighted by molar-refractivity contribution is -0.140. The number of hydrogen-bond donors (Lipinski definition) is 0. The number of likely N-dealkylation sites (tertiary alicyclic amines) is 1. The van der Waals surface area contributed by atoms with E-state index >= 15 is 0 Å². The molecule has 0 spiro atoms. The zero-order valence-electron chi connectivity index (χ0n) is 16.0. The Hall–Kier alpha value is -2.11. The minimum atomic E-state index is -0.164. The van der Waals surface area contributed by atoms with Gasteiger partial charge in [0.15, 0.2) is 0 Å². The molecule has 2 amide bonds. The van der Waals surface area contributed by atoms with E-state index in [1.165, 1.54) is 10.3 Å². The molecule has 1 aromatic carbocycles. The van der Waals surface area contributed by atoms with Crippen LogP contribution in [0.1, 0.15) is 24.4 Å². The molecule has 0 bridgehead atoms. The molecule has 1 aliphatic carbocycles. The van der Waals surface area contributed by atoms with Crippen molar-refractivity contribution in [1.82, 2.24) is 14.4 Å². The molecule has 1 aromatic heterocycles. The molecule has 27 heavy (non-hydrogen) atoms. The summed E-state index contributed by atoms with van der Waals surface area (Å²) in [6.07, 6.45) is 7.56. The van der Waals surface area contributed by atoms with Crippen LogP contribution in [0.4, 0.5) is 0 Å². The molecule has 1 saturated heterocycles. The molecule has 2 heterocycles. The van der Waals surface area contributed by atoms with Gasteiger partial charge in [0.05, 0.1) is 17.9 Å². The first-order valence-electron chi connectivity index (χ1n) is 9.19. The van der Waals surface area contributed by atoms with Crippen molar-refractivity contribution in [3.05, 3.63) is 48.2 Å². The lowest BCUT2D eigenvalue weighted by Crippen LogP contribution is -2.39. The van der Waals surface area contributed by atoms with Crippen molar-refractivity contribution in [2.75, 3.05) is 20.6 Å². The first-order valence-corrected chi connectivity index (χ1v) is 9.19. The highest BCUT2D eigenvalue weighted by molar-refractivity contribution is 6.05. The van der Waals surface area contributed by atoms with Crippen molar-refractivity contribution in [2.24, 2.45) is 18.9 Å². The molecule has 4 rings (SSSR count). The minimum Gasteiger partial charge on any atom is -0.350 e. The molecular formula is C21H26ClN3O2. The maximum absolute atomic E-state index is 12.9. The van der Waals surface area contributed by atoms with Gasteiger partial charge in [0.1, 0.15) is 0 Å². The van der Waals surface area contributed by atoms with E-state index in [2.05, 4.69) is 27.8 Å². The molecule has 6 heteroatoms. The van der Waals surface area contributed by atoms with E-state index in [-0.39, 0.29) is 42.1 Å². The van der Waals surface area contributed by atoms with E-state index < -0.39 is 0 Å². The zero-order chi connectivity index (χ0) is 18.4. The Labute approximate surface area is 166 Å². The van der Waals surface area contributed by atoms with Crippen molar-refractivity contribution in [3.8, 4) is 0 Å². The van der Waals surface area contributed by atoms with E-state index in [0.29, 0.717) is 19.4 Å². The largest absolute Gasteiger partial charge is 0.350 e. The molecular weight excluding hydrogens is 362 g/mol. The van der Waals surface area contributed by atoms with Gasteiger partial charge in [0.25, 0.3) is 0 Å². The standard InChI is InChI=1S/C21H25N3O2.ClH/c1-22(2)19(17-12-23(3)18-11-7-6-8-14(17)18)13-24-20(25)15-9-4-5-10-16(15)21(24)26;/h4-8,11-12,15-16,19H,9-10,13H2,1-3H3;1H. The van der Waals surface area contributed by atoms with Gasteiger partial charge in [-0.3, -0.25) is 14.5 Å². The Morgan fingerprint density at radius 1 is 1.07 bits per heavy atom. The van der Waals surface area contributed by atoms with Crippen LogP contribution < -0.4 is 0 Å². The Morgan fingerprint density at radius 2 is 1.67 bits per heavy atom. The maximum atomic E-state index is 12.9. The van der Waals surface area contributed by atoms with Gasteiger partial charge < -0.3 is 9.47 Å². The quantitative estimate of drug-likeness (QED) is 0.598. The summed E-state index contributed by atoms with van der Waals surface area (Å²) in [5.41, 5.74) is 2.31. The third-order valence-corrected chi connectivity index (χ3v) is 5.86. The van der Waals surface area contributed by atoms with Gasteiger partial charge in [0, 0.05) is 30.7 Å². The molecule has 5 nitrogen and oxygen atoms in total. The topological polar surface area (TPSA) is 45.6 Å². The highest BCUT2D eigenvalue weighted by Gasteiger charge is 2.47. The highest BCUT2D eigenvalue weighted by Crippen LogP contribution is 2.37. The van der Waals surface area contributed by atoms with E-state index in [4.69, 9.17) is 0 Å². The number of fused-ring (bicyclic) bond motifs is 2. The predicted molar refractivity (Wildman–Crippen MR) is 109 cm³/mol. The predicted octanol–water partition coefficient (Wildman–Crippen LogP) is 3.15. The average Bonchev–Trinajstić information content (AvgIpc) is 3.09. The SMILES string of the molecule is CN(C)C(CN1C(=O)C2CC=CCC2C1=O)c1cn(C)c2ccccc12.Cl. The van der Waals surface area contributed by atoms with Crippen molar-refractivity contribution >= 4 is 35.1 Å². The molecule has 144 valence electrons. The second kappa shape index (κ2) is 7.49. The summed E-state index contributed by atoms with van der Waals surface area (Å²) in [6, 6.07) is 8.24. The summed E-state index contributed by atoms with van der Waals surface area (Å²) in [7, 11) is 6.04. The number of aromatic nitrogens is 1. The van der Waals surface area contributed by atoms with E-state index in [0.717, 1.165) is 11.1 Å². The highest BCUT2D eigenvalue weighted by atomic mass is 35.5. The summed E-state index contributed by atoms with van der Waals surface area (Å²) in [5, 5.41) is 1.17. The summed E-state index contributed by atoms with van der Waals surface area (Å²) < 4.78 is 2.11. The summed E-state index contributed by atoms with van der Waals surface area (Å²) in [4.78, 5) is 29.3. The number of hydrogen-bond acceptors (Lipinski definition) is 3. The van der Waals surface area contributed by atoms with Gasteiger partial charge in [-0.1, -0.05) is 30.4 Å². The van der Waals surface area contributed by atoms with Crippen LogP contribution in [0.5, 0.6) is 0 Å². The van der Waals surface area contributed by atoms with Gasteiger partial charge >= 0.3 is 0 Å². The van der Waals surface area contributed by atoms with E-state index in [1.807, 2.05) is 45.4 Å². The Balaban J connectivity index is 0.00000210. The number of imide groups is 1. The monoisotopic (exact) mass is 387 g/mol. The fourth-order valence-corrected chi connectivity index (χ4v) is 4.40. The van der Waals surface area contributed by atoms with Crippen LogP contribution in [0.2, 0.25) is 0 Å². The molecule has 0 saturated carbocycles. The number of carbonyl (C=O) groups excluding carboxylic acids is 2. The smallest absolute Gasteiger partial charge is 0.233 e. The average molecular weight is 388 g/mol. The fraction of sp³-hybridized carbons (Fsp3) is 0.429. The number of halogens is 1. The van der Waals surface area contributed by atoms with E-state index in [1.54, 1.807) is 0 Å². The summed E-state index contributed by atoms with van der Waals surface area (Å²) in [6.45, 7) is 0.408. The third kappa shape index (κ3) is 3.19. The van der Waals surface area contributed by atoms with Gasteiger partial charge in [-0.25, -0.2) is 0 Å². The van der Waals surface area contributed by atoms with Crippen molar-refractivity contribution in [3.63, 3.8) is 0 Å². The second-order valence-corrected chi connectivity index (χ2v) is 7.63. The molecule has 1 aliphatic heterocycles. The van der Waals surface area contributed by atoms with Gasteiger partial charge in [-0.05, 0) is 38.6 Å². The number of rotatable bonds is 4. The van der Waals surface area contributed by atoms with Gasteiger partial charge in [-0.2, -0.15) is 0 Å². The van der Waals surface area contributed by atoms with Crippen molar-refractivity contribution in [2.45, 2.75) is 18.9 Å². The number of nitrogens with zero attached hydrogens (tertiary/aromatic N) is 3. The summed E-state index contributed by atoms with van der Waals surface area (Å²) >= 11 is 0. The number of amides is 2. The Morgan fingerprint density at radius 3 is 2.26 bits per heavy atom. The lowest BCUT2D eigenvalue weighted by atomic mass is 9.85. The molecule has 2 aromatic rings. The Bertz CT molecular complexity index is 876. The molecule has 3 atom stereocenters. The number of aryl methyl sites for hydroxylation is 1. The molecule has 0 N–H and O–H groups in total.